The number of nitrogens with zero attached hydrogens (tertiary/aromatic N) is 1. The summed E-state index contributed by atoms with van der Waals surface area (Å²) in [5.41, 5.74) is 0.861. The minimum absolute atomic E-state index is 0.0979. The fourth-order valence-corrected chi connectivity index (χ4v) is 1.86. The summed E-state index contributed by atoms with van der Waals surface area (Å²) in [5.74, 6) is 1.33. The van der Waals surface area contributed by atoms with Gasteiger partial charge in [-0.15, -0.1) is 0 Å². The molecule has 0 spiro atoms. The average molecular weight is 254 g/mol. The third kappa shape index (κ3) is 4.78. The quantitative estimate of drug-likeness (QED) is 0.812. The highest BCUT2D eigenvalue weighted by Crippen LogP contribution is 2.17. The van der Waals surface area contributed by atoms with E-state index in [0.29, 0.717) is 12.0 Å². The zero-order chi connectivity index (χ0) is 13.8. The summed E-state index contributed by atoms with van der Waals surface area (Å²) >= 11 is 0. The lowest BCUT2D eigenvalue weighted by Crippen LogP contribution is -2.35. The molecule has 4 nitrogen and oxygen atoms in total. The predicted octanol–water partition coefficient (Wildman–Crippen LogP) is 3.09. The lowest BCUT2D eigenvalue weighted by Gasteiger charge is -2.26. The average Bonchev–Trinajstić information content (AvgIpc) is 2.74. The Labute approximate surface area is 110 Å². The molecule has 0 saturated carbocycles. The summed E-state index contributed by atoms with van der Waals surface area (Å²) in [5, 5.41) is 7.50. The number of hydrogen-bond acceptors (Lipinski definition) is 4. The van der Waals surface area contributed by atoms with Crippen LogP contribution >= 0.6 is 0 Å². The minimum atomic E-state index is -0.0979. The van der Waals surface area contributed by atoms with Crippen molar-refractivity contribution in [2.24, 2.45) is 0 Å². The molecule has 0 radical (unpaired) electrons. The number of rotatable bonds is 7. The van der Waals surface area contributed by atoms with E-state index >= 15 is 0 Å². The molecule has 0 saturated heterocycles. The van der Waals surface area contributed by atoms with Crippen LogP contribution in [0.15, 0.2) is 10.6 Å². The zero-order valence-electron chi connectivity index (χ0n) is 12.4. The van der Waals surface area contributed by atoms with Crippen molar-refractivity contribution >= 4 is 0 Å². The maximum absolute atomic E-state index is 5.42. The number of nitrogens with one attached hydrogen (secondary N) is 1. The molecule has 18 heavy (non-hydrogen) atoms. The lowest BCUT2D eigenvalue weighted by atomic mass is 10.00. The van der Waals surface area contributed by atoms with E-state index in [1.165, 1.54) is 0 Å². The molecule has 1 rings (SSSR count). The maximum Gasteiger partial charge on any atom is 0.139 e. The third-order valence-electron chi connectivity index (χ3n) is 3.13. The molecule has 0 aromatic carbocycles. The standard InChI is InChI=1S/C14H26N2O2/c1-10(2)13-7-12(16-18-13)9-15-11(3)8-14(4,5)17-6/h7,10-11,15H,8-9H2,1-6H3/t11-/m0/s1. The summed E-state index contributed by atoms with van der Waals surface area (Å²) in [6.07, 6.45) is 0.957. The van der Waals surface area contributed by atoms with Crippen molar-refractivity contribution in [3.8, 4) is 0 Å². The Balaban J connectivity index is 2.40. The third-order valence-corrected chi connectivity index (χ3v) is 3.13. The second-order valence-electron chi connectivity index (χ2n) is 5.83. The van der Waals surface area contributed by atoms with Crippen LogP contribution in [0.1, 0.15) is 58.4 Å². The van der Waals surface area contributed by atoms with Gasteiger partial charge >= 0.3 is 0 Å². The summed E-state index contributed by atoms with van der Waals surface area (Å²) < 4.78 is 10.7. The molecule has 0 fully saturated rings. The highest BCUT2D eigenvalue weighted by molar-refractivity contribution is 5.08. The molecule has 0 aliphatic carbocycles. The molecule has 1 atom stereocenters. The fourth-order valence-electron chi connectivity index (χ4n) is 1.86. The number of ether oxygens (including phenoxy) is 1. The second-order valence-corrected chi connectivity index (χ2v) is 5.83. The summed E-state index contributed by atoms with van der Waals surface area (Å²) in [6, 6.07) is 2.39. The van der Waals surface area contributed by atoms with E-state index in [0.717, 1.165) is 24.4 Å². The van der Waals surface area contributed by atoms with Crippen LogP contribution in [0.2, 0.25) is 0 Å². The van der Waals surface area contributed by atoms with E-state index in [9.17, 15) is 0 Å². The summed E-state index contributed by atoms with van der Waals surface area (Å²) in [7, 11) is 1.75. The predicted molar refractivity (Wildman–Crippen MR) is 72.6 cm³/mol. The Kier molecular flexibility index (Phi) is 5.35. The van der Waals surface area contributed by atoms with Crippen molar-refractivity contribution in [3.05, 3.63) is 17.5 Å². The van der Waals surface area contributed by atoms with Gasteiger partial charge in [-0.2, -0.15) is 0 Å². The number of methoxy groups -OCH3 is 1. The lowest BCUT2D eigenvalue weighted by molar-refractivity contribution is 0.00841. The Bertz CT molecular complexity index is 358. The highest BCUT2D eigenvalue weighted by atomic mass is 16.5. The van der Waals surface area contributed by atoms with Crippen molar-refractivity contribution < 1.29 is 9.26 Å². The van der Waals surface area contributed by atoms with Crippen molar-refractivity contribution in [1.29, 1.82) is 0 Å². The summed E-state index contributed by atoms with van der Waals surface area (Å²) in [6.45, 7) is 11.3. The Morgan fingerprint density at radius 1 is 1.39 bits per heavy atom. The fraction of sp³-hybridized carbons (Fsp3) is 0.786. The first-order chi connectivity index (χ1) is 8.34. The zero-order valence-corrected chi connectivity index (χ0v) is 12.4. The first kappa shape index (κ1) is 15.2. The molecule has 0 unspecified atom stereocenters. The molecule has 1 aromatic heterocycles. The van der Waals surface area contributed by atoms with Gasteiger partial charge < -0.3 is 14.6 Å². The van der Waals surface area contributed by atoms with Crippen LogP contribution in [0.4, 0.5) is 0 Å². The molecule has 1 aromatic rings. The van der Waals surface area contributed by atoms with Crippen LogP contribution in [0.3, 0.4) is 0 Å². The molecule has 0 aliphatic rings. The molecule has 4 heteroatoms. The smallest absolute Gasteiger partial charge is 0.139 e. The number of hydrogen-bond donors (Lipinski definition) is 1. The van der Waals surface area contributed by atoms with E-state index in [4.69, 9.17) is 9.26 Å². The Hall–Kier alpha value is -0.870. The van der Waals surface area contributed by atoms with E-state index < -0.39 is 0 Å². The van der Waals surface area contributed by atoms with E-state index in [2.05, 4.69) is 45.1 Å². The minimum Gasteiger partial charge on any atom is -0.379 e. The van der Waals surface area contributed by atoms with Crippen LogP contribution in [-0.2, 0) is 11.3 Å². The van der Waals surface area contributed by atoms with E-state index in [1.807, 2.05) is 6.07 Å². The SMILES string of the molecule is COC(C)(C)C[C@H](C)NCc1cc(C(C)C)on1. The van der Waals surface area contributed by atoms with E-state index in [1.54, 1.807) is 7.11 Å². The second kappa shape index (κ2) is 6.34. The number of aromatic nitrogens is 1. The molecule has 0 bridgehead atoms. The van der Waals surface area contributed by atoms with Crippen LogP contribution in [0.5, 0.6) is 0 Å². The van der Waals surface area contributed by atoms with Crippen molar-refractivity contribution in [2.45, 2.75) is 65.1 Å². The van der Waals surface area contributed by atoms with E-state index in [-0.39, 0.29) is 5.60 Å². The summed E-state index contributed by atoms with van der Waals surface area (Å²) in [4.78, 5) is 0. The van der Waals surface area contributed by atoms with Gasteiger partial charge in [-0.3, -0.25) is 0 Å². The normalized spacial score (nSPS) is 14.2. The van der Waals surface area contributed by atoms with Gasteiger partial charge in [0.05, 0.1) is 11.3 Å². The molecule has 0 aliphatic heterocycles. The Morgan fingerprint density at radius 3 is 2.56 bits per heavy atom. The molecule has 0 amide bonds. The van der Waals surface area contributed by atoms with Gasteiger partial charge in [0.25, 0.3) is 0 Å². The topological polar surface area (TPSA) is 47.3 Å². The van der Waals surface area contributed by atoms with Gasteiger partial charge in [0.1, 0.15) is 5.76 Å². The van der Waals surface area contributed by atoms with Gasteiger partial charge in [0.2, 0.25) is 0 Å². The monoisotopic (exact) mass is 254 g/mol. The van der Waals surface area contributed by atoms with Gasteiger partial charge in [-0.05, 0) is 27.2 Å². The van der Waals surface area contributed by atoms with Gasteiger partial charge in [0.15, 0.2) is 0 Å². The molecular weight excluding hydrogens is 228 g/mol. The van der Waals surface area contributed by atoms with Crippen molar-refractivity contribution in [2.75, 3.05) is 7.11 Å². The van der Waals surface area contributed by atoms with Crippen LogP contribution < -0.4 is 5.32 Å². The molecule has 1 N–H and O–H groups in total. The molecular formula is C14H26N2O2. The molecule has 104 valence electrons. The first-order valence-electron chi connectivity index (χ1n) is 6.58. The van der Waals surface area contributed by atoms with Gasteiger partial charge in [0, 0.05) is 31.7 Å². The first-order valence-corrected chi connectivity index (χ1v) is 6.58. The van der Waals surface area contributed by atoms with Gasteiger partial charge in [-0.1, -0.05) is 19.0 Å². The highest BCUT2D eigenvalue weighted by Gasteiger charge is 2.20. The van der Waals surface area contributed by atoms with Crippen molar-refractivity contribution in [3.63, 3.8) is 0 Å². The van der Waals surface area contributed by atoms with Crippen LogP contribution in [0.25, 0.3) is 0 Å². The largest absolute Gasteiger partial charge is 0.379 e. The maximum atomic E-state index is 5.42. The van der Waals surface area contributed by atoms with Gasteiger partial charge in [-0.25, -0.2) is 0 Å². The molecule has 1 heterocycles. The van der Waals surface area contributed by atoms with Crippen LogP contribution in [-0.4, -0.2) is 23.9 Å². The van der Waals surface area contributed by atoms with Crippen LogP contribution in [0, 0.1) is 0 Å². The Morgan fingerprint density at radius 2 is 2.06 bits per heavy atom. The van der Waals surface area contributed by atoms with Crippen molar-refractivity contribution in [1.82, 2.24) is 10.5 Å².